The van der Waals surface area contributed by atoms with E-state index in [2.05, 4.69) is 16.5 Å². The smallest absolute Gasteiger partial charge is 0.213 e. The number of hydrogen-bond donors (Lipinski definition) is 1. The van der Waals surface area contributed by atoms with Gasteiger partial charge in [-0.25, -0.2) is 12.7 Å². The maximum Gasteiger partial charge on any atom is 0.213 e. The number of rotatable bonds is 7. The van der Waals surface area contributed by atoms with Gasteiger partial charge in [-0.15, -0.1) is 0 Å². The molecule has 0 saturated carbocycles. The SMILES string of the molecule is CCS(=O)(=O)N1CCC[C@@H](c2n[nH]c(=S)n2CCCSC)C1. The van der Waals surface area contributed by atoms with Gasteiger partial charge in [-0.05, 0) is 50.4 Å². The van der Waals surface area contributed by atoms with Gasteiger partial charge in [0.05, 0.1) is 5.75 Å². The van der Waals surface area contributed by atoms with Crippen LogP contribution in [0.15, 0.2) is 0 Å². The minimum Gasteiger partial charge on any atom is -0.304 e. The Labute approximate surface area is 141 Å². The van der Waals surface area contributed by atoms with Gasteiger partial charge in [0.15, 0.2) is 4.77 Å². The van der Waals surface area contributed by atoms with Crippen LogP contribution in [0, 0.1) is 4.77 Å². The summed E-state index contributed by atoms with van der Waals surface area (Å²) in [5.74, 6) is 2.26. The zero-order chi connectivity index (χ0) is 16.2. The van der Waals surface area contributed by atoms with Crippen LogP contribution in [0.2, 0.25) is 0 Å². The van der Waals surface area contributed by atoms with E-state index >= 15 is 0 Å². The van der Waals surface area contributed by atoms with Crippen LogP contribution in [0.1, 0.15) is 37.9 Å². The minimum atomic E-state index is -3.13. The molecule has 0 aliphatic carbocycles. The molecule has 1 aromatic rings. The fourth-order valence-corrected chi connectivity index (χ4v) is 4.64. The third-order valence-electron chi connectivity index (χ3n) is 4.03. The van der Waals surface area contributed by atoms with Crippen molar-refractivity contribution in [3.05, 3.63) is 10.6 Å². The number of thioether (sulfide) groups is 1. The van der Waals surface area contributed by atoms with E-state index in [1.165, 1.54) is 0 Å². The topological polar surface area (TPSA) is 71.0 Å². The van der Waals surface area contributed by atoms with E-state index in [0.29, 0.717) is 17.9 Å². The van der Waals surface area contributed by atoms with E-state index in [1.54, 1.807) is 11.2 Å². The molecule has 2 rings (SSSR count). The largest absolute Gasteiger partial charge is 0.304 e. The Hall–Kier alpha value is -0.380. The molecule has 1 atom stereocenters. The molecule has 0 amide bonds. The van der Waals surface area contributed by atoms with Crippen molar-refractivity contribution >= 4 is 34.0 Å². The van der Waals surface area contributed by atoms with Crippen LogP contribution in [0.4, 0.5) is 0 Å². The summed E-state index contributed by atoms with van der Waals surface area (Å²) in [6.07, 6.45) is 4.95. The molecule has 1 saturated heterocycles. The second kappa shape index (κ2) is 7.94. The third-order valence-corrected chi connectivity index (χ3v) is 6.88. The predicted octanol–water partition coefficient (Wildman–Crippen LogP) is 2.22. The molecule has 0 bridgehead atoms. The fraction of sp³-hybridized carbons (Fsp3) is 0.846. The van der Waals surface area contributed by atoms with Crippen LogP contribution in [0.25, 0.3) is 0 Å². The number of nitrogens with zero attached hydrogens (tertiary/aromatic N) is 3. The number of nitrogens with one attached hydrogen (secondary N) is 1. The number of piperidine rings is 1. The minimum absolute atomic E-state index is 0.123. The third kappa shape index (κ3) is 4.12. The number of sulfonamides is 1. The molecule has 0 radical (unpaired) electrons. The van der Waals surface area contributed by atoms with Crippen molar-refractivity contribution in [2.45, 2.75) is 38.6 Å². The van der Waals surface area contributed by atoms with Gasteiger partial charge >= 0.3 is 0 Å². The summed E-state index contributed by atoms with van der Waals surface area (Å²) in [4.78, 5) is 0. The van der Waals surface area contributed by atoms with E-state index in [1.807, 2.05) is 16.3 Å². The van der Waals surface area contributed by atoms with Crippen LogP contribution in [-0.4, -0.2) is 58.3 Å². The number of aromatic nitrogens is 3. The molecule has 126 valence electrons. The summed E-state index contributed by atoms with van der Waals surface area (Å²) >= 11 is 7.14. The molecule has 0 aromatic carbocycles. The highest BCUT2D eigenvalue weighted by atomic mass is 32.2. The van der Waals surface area contributed by atoms with Gasteiger partial charge in [0, 0.05) is 25.6 Å². The van der Waals surface area contributed by atoms with Gasteiger partial charge in [-0.1, -0.05) is 0 Å². The van der Waals surface area contributed by atoms with Gasteiger partial charge in [0.1, 0.15) is 5.82 Å². The summed E-state index contributed by atoms with van der Waals surface area (Å²) in [5.41, 5.74) is 0. The maximum absolute atomic E-state index is 12.1. The Morgan fingerprint density at radius 2 is 2.27 bits per heavy atom. The summed E-state index contributed by atoms with van der Waals surface area (Å²) in [7, 11) is -3.13. The molecule has 1 N–H and O–H groups in total. The zero-order valence-corrected chi connectivity index (χ0v) is 15.6. The van der Waals surface area contributed by atoms with E-state index in [0.717, 1.165) is 37.4 Å². The lowest BCUT2D eigenvalue weighted by Gasteiger charge is -2.31. The van der Waals surface area contributed by atoms with Gasteiger partial charge in [-0.3, -0.25) is 5.10 Å². The Balaban J connectivity index is 2.16. The van der Waals surface area contributed by atoms with Crippen molar-refractivity contribution in [3.63, 3.8) is 0 Å². The quantitative estimate of drug-likeness (QED) is 0.593. The highest BCUT2D eigenvalue weighted by Gasteiger charge is 2.30. The highest BCUT2D eigenvalue weighted by molar-refractivity contribution is 7.98. The molecule has 1 aliphatic rings. The number of aromatic amines is 1. The maximum atomic E-state index is 12.1. The zero-order valence-electron chi connectivity index (χ0n) is 13.1. The molecule has 0 spiro atoms. The van der Waals surface area contributed by atoms with Crippen LogP contribution in [0.5, 0.6) is 0 Å². The Morgan fingerprint density at radius 1 is 1.50 bits per heavy atom. The van der Waals surface area contributed by atoms with Crippen LogP contribution in [0.3, 0.4) is 0 Å². The molecule has 1 aliphatic heterocycles. The van der Waals surface area contributed by atoms with Gasteiger partial charge in [-0.2, -0.15) is 16.9 Å². The first-order valence-electron chi connectivity index (χ1n) is 7.61. The Kier molecular flexibility index (Phi) is 6.48. The van der Waals surface area contributed by atoms with E-state index in [9.17, 15) is 8.42 Å². The first-order valence-corrected chi connectivity index (χ1v) is 11.0. The van der Waals surface area contributed by atoms with Crippen molar-refractivity contribution < 1.29 is 8.42 Å². The van der Waals surface area contributed by atoms with Crippen LogP contribution >= 0.6 is 24.0 Å². The summed E-state index contributed by atoms with van der Waals surface area (Å²) < 4.78 is 28.5. The van der Waals surface area contributed by atoms with Crippen LogP contribution in [-0.2, 0) is 16.6 Å². The summed E-state index contributed by atoms with van der Waals surface area (Å²) in [5, 5.41) is 7.25. The second-order valence-corrected chi connectivity index (χ2v) is 9.11. The van der Waals surface area contributed by atoms with Gasteiger partial charge in [0.25, 0.3) is 0 Å². The van der Waals surface area contributed by atoms with E-state index < -0.39 is 10.0 Å². The lowest BCUT2D eigenvalue weighted by molar-refractivity contribution is 0.304. The predicted molar refractivity (Wildman–Crippen MR) is 93.4 cm³/mol. The second-order valence-electron chi connectivity index (χ2n) is 5.48. The summed E-state index contributed by atoms with van der Waals surface area (Å²) in [6.45, 7) is 3.66. The average Bonchev–Trinajstić information content (AvgIpc) is 2.89. The lowest BCUT2D eigenvalue weighted by Crippen LogP contribution is -2.40. The van der Waals surface area contributed by atoms with Crippen molar-refractivity contribution in [2.75, 3.05) is 30.9 Å². The first kappa shape index (κ1) is 18.0. The highest BCUT2D eigenvalue weighted by Crippen LogP contribution is 2.27. The Morgan fingerprint density at radius 3 is 2.95 bits per heavy atom. The van der Waals surface area contributed by atoms with Crippen molar-refractivity contribution in [1.29, 1.82) is 0 Å². The molecular weight excluding hydrogens is 340 g/mol. The van der Waals surface area contributed by atoms with Crippen LogP contribution < -0.4 is 0 Å². The van der Waals surface area contributed by atoms with Gasteiger partial charge in [0.2, 0.25) is 10.0 Å². The summed E-state index contributed by atoms with van der Waals surface area (Å²) in [6, 6.07) is 0. The number of hydrogen-bond acceptors (Lipinski definition) is 5. The van der Waals surface area contributed by atoms with Crippen molar-refractivity contribution in [1.82, 2.24) is 19.1 Å². The molecule has 0 unspecified atom stereocenters. The van der Waals surface area contributed by atoms with Crippen molar-refractivity contribution in [2.24, 2.45) is 0 Å². The van der Waals surface area contributed by atoms with Crippen molar-refractivity contribution in [3.8, 4) is 0 Å². The van der Waals surface area contributed by atoms with E-state index in [-0.39, 0.29) is 11.7 Å². The number of H-pyrrole nitrogens is 1. The lowest BCUT2D eigenvalue weighted by atomic mass is 9.99. The standard InChI is InChI=1S/C13H24N4O2S3/c1-3-22(18,19)16-7-4-6-11(10-16)12-14-15-13(20)17(12)8-5-9-21-2/h11H,3-10H2,1-2H3,(H,15,20)/t11-/m1/s1. The molecule has 9 heteroatoms. The monoisotopic (exact) mass is 364 g/mol. The molecule has 1 aromatic heterocycles. The average molecular weight is 365 g/mol. The Bertz CT molecular complexity index is 638. The molecule has 6 nitrogen and oxygen atoms in total. The molecule has 1 fully saturated rings. The first-order chi connectivity index (χ1) is 10.5. The molecule has 22 heavy (non-hydrogen) atoms. The normalized spacial score (nSPS) is 20.4. The fourth-order valence-electron chi connectivity index (χ4n) is 2.81. The molecular formula is C13H24N4O2S3. The van der Waals surface area contributed by atoms with E-state index in [4.69, 9.17) is 12.2 Å². The van der Waals surface area contributed by atoms with Gasteiger partial charge < -0.3 is 4.57 Å². The molecule has 2 heterocycles.